The van der Waals surface area contributed by atoms with E-state index in [0.717, 1.165) is 28.2 Å². The molecule has 1 aromatic heterocycles. The first-order chi connectivity index (χ1) is 11.4. The maximum atomic E-state index is 12.1. The second kappa shape index (κ2) is 8.06. The molecule has 0 aliphatic carbocycles. The van der Waals surface area contributed by atoms with Gasteiger partial charge in [-0.05, 0) is 50.3 Å². The molecule has 2 N–H and O–H groups in total. The second-order valence-electron chi connectivity index (χ2n) is 5.84. The van der Waals surface area contributed by atoms with E-state index in [9.17, 15) is 14.7 Å². The zero-order valence-electron chi connectivity index (χ0n) is 14.1. The van der Waals surface area contributed by atoms with Gasteiger partial charge in [-0.2, -0.15) is 0 Å². The Morgan fingerprint density at radius 1 is 1.29 bits per heavy atom. The van der Waals surface area contributed by atoms with Crippen molar-refractivity contribution < 1.29 is 14.7 Å². The predicted molar refractivity (Wildman–Crippen MR) is 94.2 cm³/mol. The molecule has 1 aromatic carbocycles. The van der Waals surface area contributed by atoms with Gasteiger partial charge in [0.05, 0.1) is 10.7 Å². The SMILES string of the molecule is Cc1nc(CCCC(=O)NC(C(=O)O)c2cccc(C)c2C)cs1. The maximum absolute atomic E-state index is 12.1. The number of aromatic nitrogens is 1. The molecule has 24 heavy (non-hydrogen) atoms. The number of hydrogen-bond donors (Lipinski definition) is 2. The number of hydrogen-bond acceptors (Lipinski definition) is 4. The number of benzene rings is 1. The van der Waals surface area contributed by atoms with E-state index in [0.29, 0.717) is 12.0 Å². The third-order valence-electron chi connectivity index (χ3n) is 4.01. The van der Waals surface area contributed by atoms with Crippen molar-refractivity contribution in [3.63, 3.8) is 0 Å². The lowest BCUT2D eigenvalue weighted by Crippen LogP contribution is -2.34. The van der Waals surface area contributed by atoms with Crippen LogP contribution in [0.3, 0.4) is 0 Å². The van der Waals surface area contributed by atoms with Crippen LogP contribution >= 0.6 is 11.3 Å². The van der Waals surface area contributed by atoms with Crippen LogP contribution in [0.1, 0.15) is 46.3 Å². The number of aliphatic carboxylic acids is 1. The molecule has 0 saturated heterocycles. The van der Waals surface area contributed by atoms with Crippen molar-refractivity contribution in [2.24, 2.45) is 0 Å². The van der Waals surface area contributed by atoms with E-state index >= 15 is 0 Å². The zero-order chi connectivity index (χ0) is 17.7. The normalized spacial score (nSPS) is 12.0. The summed E-state index contributed by atoms with van der Waals surface area (Å²) in [7, 11) is 0. The quantitative estimate of drug-likeness (QED) is 0.806. The molecule has 0 aliphatic heterocycles. The number of amides is 1. The predicted octanol–water partition coefficient (Wildman–Crippen LogP) is 3.33. The highest BCUT2D eigenvalue weighted by atomic mass is 32.1. The van der Waals surface area contributed by atoms with Crippen molar-refractivity contribution in [1.82, 2.24) is 10.3 Å². The summed E-state index contributed by atoms with van der Waals surface area (Å²) in [5, 5.41) is 15.1. The first-order valence-electron chi connectivity index (χ1n) is 7.87. The molecular weight excluding hydrogens is 324 g/mol. The van der Waals surface area contributed by atoms with E-state index in [2.05, 4.69) is 10.3 Å². The third-order valence-corrected chi connectivity index (χ3v) is 4.84. The number of rotatable bonds is 7. The van der Waals surface area contributed by atoms with Gasteiger partial charge < -0.3 is 10.4 Å². The molecule has 1 amide bonds. The molecule has 128 valence electrons. The molecule has 2 rings (SSSR count). The van der Waals surface area contributed by atoms with E-state index in [4.69, 9.17) is 0 Å². The second-order valence-corrected chi connectivity index (χ2v) is 6.90. The van der Waals surface area contributed by atoms with E-state index in [-0.39, 0.29) is 12.3 Å². The molecule has 1 unspecified atom stereocenters. The first kappa shape index (κ1) is 18.1. The number of carbonyl (C=O) groups excluding carboxylic acids is 1. The molecule has 5 nitrogen and oxygen atoms in total. The largest absolute Gasteiger partial charge is 0.479 e. The van der Waals surface area contributed by atoms with Crippen LogP contribution in [0, 0.1) is 20.8 Å². The minimum atomic E-state index is -1.05. The van der Waals surface area contributed by atoms with E-state index in [1.54, 1.807) is 17.4 Å². The van der Waals surface area contributed by atoms with E-state index in [1.165, 1.54) is 0 Å². The smallest absolute Gasteiger partial charge is 0.330 e. The number of carboxylic acid groups (broad SMARTS) is 1. The Hall–Kier alpha value is -2.21. The van der Waals surface area contributed by atoms with Gasteiger partial charge in [0.1, 0.15) is 0 Å². The molecule has 2 aromatic rings. The molecule has 1 atom stereocenters. The van der Waals surface area contributed by atoms with Crippen molar-refractivity contribution in [3.05, 3.63) is 51.0 Å². The van der Waals surface area contributed by atoms with E-state index in [1.807, 2.05) is 38.3 Å². The lowest BCUT2D eigenvalue weighted by molar-refractivity contribution is -0.142. The first-order valence-corrected chi connectivity index (χ1v) is 8.75. The highest BCUT2D eigenvalue weighted by Gasteiger charge is 2.23. The maximum Gasteiger partial charge on any atom is 0.330 e. The Balaban J connectivity index is 1.96. The van der Waals surface area contributed by atoms with Crippen LogP contribution in [-0.2, 0) is 16.0 Å². The van der Waals surface area contributed by atoms with Crippen LogP contribution in [-0.4, -0.2) is 22.0 Å². The van der Waals surface area contributed by atoms with Gasteiger partial charge in [-0.15, -0.1) is 11.3 Å². The number of nitrogens with one attached hydrogen (secondary N) is 1. The van der Waals surface area contributed by atoms with Crippen LogP contribution < -0.4 is 5.32 Å². The summed E-state index contributed by atoms with van der Waals surface area (Å²) >= 11 is 1.59. The van der Waals surface area contributed by atoms with Crippen molar-refractivity contribution in [2.75, 3.05) is 0 Å². The van der Waals surface area contributed by atoms with E-state index < -0.39 is 12.0 Å². The van der Waals surface area contributed by atoms with Crippen molar-refractivity contribution >= 4 is 23.2 Å². The molecule has 0 radical (unpaired) electrons. The highest BCUT2D eigenvalue weighted by Crippen LogP contribution is 2.21. The Morgan fingerprint density at radius 2 is 2.04 bits per heavy atom. The van der Waals surface area contributed by atoms with Crippen LogP contribution in [0.25, 0.3) is 0 Å². The lowest BCUT2D eigenvalue weighted by Gasteiger charge is -2.18. The number of carboxylic acids is 1. The van der Waals surface area contributed by atoms with Crippen LogP contribution in [0.2, 0.25) is 0 Å². The number of aryl methyl sites for hydroxylation is 3. The molecule has 0 spiro atoms. The Bertz CT molecular complexity index is 740. The topological polar surface area (TPSA) is 79.3 Å². The van der Waals surface area contributed by atoms with Gasteiger partial charge in [-0.1, -0.05) is 18.2 Å². The summed E-state index contributed by atoms with van der Waals surface area (Å²) in [6.07, 6.45) is 1.65. The molecule has 0 bridgehead atoms. The van der Waals surface area contributed by atoms with Crippen LogP contribution in [0.5, 0.6) is 0 Å². The van der Waals surface area contributed by atoms with Crippen molar-refractivity contribution in [3.8, 4) is 0 Å². The summed E-state index contributed by atoms with van der Waals surface area (Å²) in [6, 6.07) is 4.47. The molecule has 0 aliphatic rings. The summed E-state index contributed by atoms with van der Waals surface area (Å²) in [6.45, 7) is 5.75. The fourth-order valence-corrected chi connectivity index (χ4v) is 3.19. The number of nitrogens with zero attached hydrogens (tertiary/aromatic N) is 1. The van der Waals surface area contributed by atoms with Crippen molar-refractivity contribution in [2.45, 2.75) is 46.1 Å². The van der Waals surface area contributed by atoms with Gasteiger partial charge in [0.15, 0.2) is 6.04 Å². The minimum Gasteiger partial charge on any atom is -0.479 e. The Morgan fingerprint density at radius 3 is 2.67 bits per heavy atom. The molecular formula is C18H22N2O3S. The van der Waals surface area contributed by atoms with Crippen molar-refractivity contribution in [1.29, 1.82) is 0 Å². The van der Waals surface area contributed by atoms with Gasteiger partial charge in [0, 0.05) is 11.8 Å². The molecule has 0 saturated carbocycles. The lowest BCUT2D eigenvalue weighted by atomic mass is 9.97. The van der Waals surface area contributed by atoms with Gasteiger partial charge in [-0.3, -0.25) is 4.79 Å². The fourth-order valence-electron chi connectivity index (χ4n) is 2.55. The minimum absolute atomic E-state index is 0.254. The van der Waals surface area contributed by atoms with Gasteiger partial charge in [0.25, 0.3) is 0 Å². The molecule has 0 fully saturated rings. The standard InChI is InChI=1S/C18H22N2O3S/c1-11-6-4-8-15(12(11)2)17(18(22)23)20-16(21)9-5-7-14-10-24-13(3)19-14/h4,6,8,10,17H,5,7,9H2,1-3H3,(H,20,21)(H,22,23). The van der Waals surface area contributed by atoms with Gasteiger partial charge >= 0.3 is 5.97 Å². The molecule has 1 heterocycles. The Kier molecular flexibility index (Phi) is 6.09. The number of carbonyl (C=O) groups is 2. The fraction of sp³-hybridized carbons (Fsp3) is 0.389. The van der Waals surface area contributed by atoms with Gasteiger partial charge in [-0.25, -0.2) is 9.78 Å². The summed E-state index contributed by atoms with van der Waals surface area (Å²) in [5.41, 5.74) is 3.51. The summed E-state index contributed by atoms with van der Waals surface area (Å²) < 4.78 is 0. The van der Waals surface area contributed by atoms with Crippen LogP contribution in [0.15, 0.2) is 23.6 Å². The zero-order valence-corrected chi connectivity index (χ0v) is 14.9. The average molecular weight is 346 g/mol. The third kappa shape index (κ3) is 4.64. The highest BCUT2D eigenvalue weighted by molar-refractivity contribution is 7.09. The monoisotopic (exact) mass is 346 g/mol. The summed E-state index contributed by atoms with van der Waals surface area (Å²) in [5.74, 6) is -1.30. The number of thiazole rings is 1. The Labute approximate surface area is 145 Å². The molecule has 6 heteroatoms. The summed E-state index contributed by atoms with van der Waals surface area (Å²) in [4.78, 5) is 28.1. The van der Waals surface area contributed by atoms with Crippen LogP contribution in [0.4, 0.5) is 0 Å². The van der Waals surface area contributed by atoms with Gasteiger partial charge in [0.2, 0.25) is 5.91 Å². The average Bonchev–Trinajstić information content (AvgIpc) is 2.93.